The van der Waals surface area contributed by atoms with Gasteiger partial charge in [-0.1, -0.05) is 30.3 Å². The molecule has 0 saturated carbocycles. The quantitative estimate of drug-likeness (QED) is 0.151. The third-order valence-electron chi connectivity index (χ3n) is 6.02. The van der Waals surface area contributed by atoms with Crippen molar-refractivity contribution in [3.8, 4) is 28.6 Å². The van der Waals surface area contributed by atoms with Crippen molar-refractivity contribution < 1.29 is 32.6 Å². The van der Waals surface area contributed by atoms with Gasteiger partial charge in [0.25, 0.3) is 0 Å². The Labute approximate surface area is 211 Å². The van der Waals surface area contributed by atoms with Gasteiger partial charge in [-0.3, -0.25) is 4.79 Å². The second-order valence-electron chi connectivity index (χ2n) is 8.47. The van der Waals surface area contributed by atoms with E-state index in [2.05, 4.69) is 0 Å². The Kier molecular flexibility index (Phi) is 5.38. The van der Waals surface area contributed by atoms with E-state index >= 15 is 0 Å². The number of allylic oxidation sites excluding steroid dienone is 1. The van der Waals surface area contributed by atoms with Crippen molar-refractivity contribution in [3.63, 3.8) is 0 Å². The van der Waals surface area contributed by atoms with E-state index in [1.54, 1.807) is 49.6 Å². The zero-order valence-corrected chi connectivity index (χ0v) is 19.9. The average Bonchev–Trinajstić information content (AvgIpc) is 3.59. The van der Waals surface area contributed by atoms with Crippen molar-refractivity contribution in [2.24, 2.45) is 0 Å². The molecule has 7 nitrogen and oxygen atoms in total. The summed E-state index contributed by atoms with van der Waals surface area (Å²) in [6, 6.07) is 22.8. The number of hydrogen-bond acceptors (Lipinski definition) is 7. The third-order valence-corrected chi connectivity index (χ3v) is 6.02. The van der Waals surface area contributed by atoms with Gasteiger partial charge in [-0.05, 0) is 49.4 Å². The molecule has 182 valence electrons. The fourth-order valence-electron chi connectivity index (χ4n) is 4.25. The van der Waals surface area contributed by atoms with Crippen LogP contribution in [0.3, 0.4) is 0 Å². The molecule has 2 aromatic heterocycles. The van der Waals surface area contributed by atoms with Gasteiger partial charge in [0, 0.05) is 23.1 Å². The van der Waals surface area contributed by atoms with Crippen LogP contribution in [0, 0.1) is 6.92 Å². The van der Waals surface area contributed by atoms with Crippen LogP contribution in [0.2, 0.25) is 0 Å². The Hall–Kier alpha value is -5.04. The molecule has 7 heteroatoms. The molecule has 3 aromatic carbocycles. The van der Waals surface area contributed by atoms with E-state index in [0.717, 1.165) is 11.3 Å². The molecule has 5 aromatic rings. The molecule has 0 N–H and O–H groups in total. The molecule has 0 unspecified atom stereocenters. The lowest BCUT2D eigenvalue weighted by Crippen LogP contribution is -2.09. The second-order valence-corrected chi connectivity index (χ2v) is 8.47. The van der Waals surface area contributed by atoms with E-state index < -0.39 is 5.97 Å². The molecule has 0 spiro atoms. The van der Waals surface area contributed by atoms with Crippen molar-refractivity contribution in [2.75, 3.05) is 7.11 Å². The first-order valence-electron chi connectivity index (χ1n) is 11.5. The highest BCUT2D eigenvalue weighted by molar-refractivity contribution is 6.14. The number of Topliss-reactive ketones (excluding diaryl/α,β-unsaturated/α-hetero) is 1. The predicted octanol–water partition coefficient (Wildman–Crippen LogP) is 6.85. The van der Waals surface area contributed by atoms with Crippen LogP contribution in [-0.2, 0) is 0 Å². The first kappa shape index (κ1) is 22.4. The molecule has 1 aliphatic heterocycles. The van der Waals surface area contributed by atoms with E-state index in [0.29, 0.717) is 39.6 Å². The summed E-state index contributed by atoms with van der Waals surface area (Å²) in [5.74, 6) is 1.97. The van der Waals surface area contributed by atoms with Gasteiger partial charge >= 0.3 is 5.97 Å². The van der Waals surface area contributed by atoms with Crippen LogP contribution in [-0.4, -0.2) is 18.9 Å². The number of hydrogen-bond donors (Lipinski definition) is 0. The fraction of sp³-hybridized carbons (Fsp3) is 0.0667. The monoisotopic (exact) mass is 492 g/mol. The van der Waals surface area contributed by atoms with Gasteiger partial charge in [-0.2, -0.15) is 0 Å². The van der Waals surface area contributed by atoms with Crippen LogP contribution in [0.5, 0.6) is 17.2 Å². The van der Waals surface area contributed by atoms with Gasteiger partial charge < -0.3 is 23.0 Å². The van der Waals surface area contributed by atoms with Gasteiger partial charge in [-0.25, -0.2) is 4.79 Å². The number of aryl methyl sites for hydroxylation is 1. The van der Waals surface area contributed by atoms with E-state index in [1.807, 2.05) is 37.3 Å². The predicted molar refractivity (Wildman–Crippen MR) is 136 cm³/mol. The lowest BCUT2D eigenvalue weighted by atomic mass is 10.1. The van der Waals surface area contributed by atoms with Crippen molar-refractivity contribution in [3.05, 3.63) is 107 Å². The Morgan fingerprint density at radius 1 is 0.892 bits per heavy atom. The van der Waals surface area contributed by atoms with Crippen molar-refractivity contribution in [1.29, 1.82) is 0 Å². The number of methoxy groups -OCH3 is 1. The lowest BCUT2D eigenvalue weighted by molar-refractivity contribution is 0.0736. The van der Waals surface area contributed by atoms with Crippen LogP contribution in [0.25, 0.3) is 28.4 Å². The Morgan fingerprint density at radius 3 is 2.46 bits per heavy atom. The maximum atomic E-state index is 13.5. The van der Waals surface area contributed by atoms with Crippen LogP contribution in [0.15, 0.2) is 93.5 Å². The van der Waals surface area contributed by atoms with Crippen molar-refractivity contribution in [1.82, 2.24) is 0 Å². The van der Waals surface area contributed by atoms with E-state index in [4.69, 9.17) is 23.0 Å². The van der Waals surface area contributed by atoms with Crippen molar-refractivity contribution in [2.45, 2.75) is 6.92 Å². The molecule has 0 radical (unpaired) electrons. The molecular formula is C30H20O7. The normalized spacial score (nSPS) is 13.6. The molecule has 3 heterocycles. The highest BCUT2D eigenvalue weighted by Crippen LogP contribution is 2.38. The molecule has 6 rings (SSSR count). The number of ether oxygens (including phenoxy) is 3. The number of esters is 1. The minimum absolute atomic E-state index is 0.132. The Morgan fingerprint density at radius 2 is 1.70 bits per heavy atom. The summed E-state index contributed by atoms with van der Waals surface area (Å²) in [4.78, 5) is 26.3. The van der Waals surface area contributed by atoms with Crippen LogP contribution >= 0.6 is 0 Å². The zero-order valence-electron chi connectivity index (χ0n) is 19.9. The van der Waals surface area contributed by atoms with Gasteiger partial charge in [0.2, 0.25) is 5.78 Å². The van der Waals surface area contributed by atoms with Crippen LogP contribution in [0.4, 0.5) is 0 Å². The van der Waals surface area contributed by atoms with E-state index in [1.165, 1.54) is 12.1 Å². The molecule has 37 heavy (non-hydrogen) atoms. The van der Waals surface area contributed by atoms with Gasteiger partial charge in [-0.15, -0.1) is 0 Å². The molecule has 0 bridgehead atoms. The minimum atomic E-state index is -0.614. The van der Waals surface area contributed by atoms with Crippen LogP contribution < -0.4 is 14.2 Å². The average molecular weight is 492 g/mol. The van der Waals surface area contributed by atoms with Gasteiger partial charge in [0.15, 0.2) is 5.76 Å². The number of benzene rings is 3. The van der Waals surface area contributed by atoms with E-state index in [9.17, 15) is 9.59 Å². The maximum absolute atomic E-state index is 13.5. The van der Waals surface area contributed by atoms with Crippen molar-refractivity contribution >= 4 is 28.8 Å². The number of ketones is 1. The Bertz CT molecular complexity index is 1700. The third kappa shape index (κ3) is 4.06. The first-order valence-corrected chi connectivity index (χ1v) is 11.5. The van der Waals surface area contributed by atoms with Crippen LogP contribution in [0.1, 0.15) is 32.2 Å². The SMILES string of the molecule is COc1ccc2oc(-c3ccccc3)c(C(=O)Oc3ccc4c(c3)OC(=Cc3ccc(C)o3)C4=O)c2c1. The summed E-state index contributed by atoms with van der Waals surface area (Å²) in [6.45, 7) is 1.82. The number of rotatable bonds is 5. The summed E-state index contributed by atoms with van der Waals surface area (Å²) in [5.41, 5.74) is 1.90. The van der Waals surface area contributed by atoms with E-state index in [-0.39, 0.29) is 22.9 Å². The number of fused-ring (bicyclic) bond motifs is 2. The summed E-state index contributed by atoms with van der Waals surface area (Å²) in [5, 5.41) is 0.565. The molecule has 0 aliphatic carbocycles. The molecular weight excluding hydrogens is 472 g/mol. The summed E-state index contributed by atoms with van der Waals surface area (Å²) in [6.07, 6.45) is 1.54. The molecule has 0 fully saturated rings. The largest absolute Gasteiger partial charge is 0.497 e. The molecule has 0 saturated heterocycles. The molecule has 0 atom stereocenters. The fourth-order valence-corrected chi connectivity index (χ4v) is 4.25. The number of carbonyl (C=O) groups is 2. The summed E-state index contributed by atoms with van der Waals surface area (Å²) in [7, 11) is 1.55. The van der Waals surface area contributed by atoms with Gasteiger partial charge in [0.1, 0.15) is 45.7 Å². The standard InChI is InChI=1S/C30H20O7/c1-17-8-9-20(34-17)16-26-28(31)22-12-10-21(15-25(22)36-26)35-30(32)27-23-14-19(33-2)11-13-24(23)37-29(27)18-6-4-3-5-7-18/h3-16H,1-2H3. The minimum Gasteiger partial charge on any atom is -0.497 e. The highest BCUT2D eigenvalue weighted by atomic mass is 16.5. The topological polar surface area (TPSA) is 88.1 Å². The first-order chi connectivity index (χ1) is 18.0. The molecule has 1 aliphatic rings. The zero-order chi connectivity index (χ0) is 25.5. The Balaban J connectivity index is 1.34. The molecule has 0 amide bonds. The van der Waals surface area contributed by atoms with Gasteiger partial charge in [0.05, 0.1) is 12.7 Å². The maximum Gasteiger partial charge on any atom is 0.348 e. The summed E-state index contributed by atoms with van der Waals surface area (Å²) < 4.78 is 28.4. The lowest BCUT2D eigenvalue weighted by Gasteiger charge is -2.07. The second kappa shape index (κ2) is 8.87. The summed E-state index contributed by atoms with van der Waals surface area (Å²) >= 11 is 0. The number of furan rings is 2. The highest BCUT2D eigenvalue weighted by Gasteiger charge is 2.29. The number of carbonyl (C=O) groups excluding carboxylic acids is 2. The smallest absolute Gasteiger partial charge is 0.348 e.